The van der Waals surface area contributed by atoms with Crippen LogP contribution in [0.4, 0.5) is 0 Å². The van der Waals surface area contributed by atoms with Gasteiger partial charge >= 0.3 is 0 Å². The largest absolute Gasteiger partial charge is 0.333 e. The molecule has 20 heavy (non-hydrogen) atoms. The number of benzene rings is 2. The quantitative estimate of drug-likeness (QED) is 0.914. The molecule has 2 rings (SSSR count). The van der Waals surface area contributed by atoms with Crippen molar-refractivity contribution in [2.75, 3.05) is 6.54 Å². The van der Waals surface area contributed by atoms with Crippen molar-refractivity contribution in [3.63, 3.8) is 0 Å². The van der Waals surface area contributed by atoms with Crippen LogP contribution in [0.15, 0.2) is 59.1 Å². The average Bonchev–Trinajstić information content (AvgIpc) is 2.49. The fourth-order valence-corrected chi connectivity index (χ4v) is 2.41. The monoisotopic (exact) mass is 332 g/mol. The SMILES string of the molecule is NCC(=O)N(Cc1ccccc1)Cc1ccccc1Br. The molecular weight excluding hydrogens is 316 g/mol. The molecule has 0 aliphatic heterocycles. The zero-order valence-corrected chi connectivity index (χ0v) is 12.7. The van der Waals surface area contributed by atoms with Crippen molar-refractivity contribution in [3.05, 3.63) is 70.2 Å². The second-order valence-corrected chi connectivity index (χ2v) is 5.39. The molecule has 2 N–H and O–H groups in total. The predicted octanol–water partition coefficient (Wildman–Crippen LogP) is 2.94. The normalized spacial score (nSPS) is 10.3. The van der Waals surface area contributed by atoms with Gasteiger partial charge in [0.1, 0.15) is 0 Å². The molecule has 0 bridgehead atoms. The third kappa shape index (κ3) is 3.92. The summed E-state index contributed by atoms with van der Waals surface area (Å²) in [4.78, 5) is 13.8. The first-order valence-corrected chi connectivity index (χ1v) is 7.25. The Balaban J connectivity index is 2.16. The highest BCUT2D eigenvalue weighted by atomic mass is 79.9. The minimum atomic E-state index is -0.0513. The van der Waals surface area contributed by atoms with Gasteiger partial charge in [-0.3, -0.25) is 4.79 Å². The third-order valence-electron chi connectivity index (χ3n) is 3.06. The number of hydrogen-bond donors (Lipinski definition) is 1. The lowest BCUT2D eigenvalue weighted by molar-refractivity contribution is -0.130. The summed E-state index contributed by atoms with van der Waals surface area (Å²) in [5.74, 6) is -0.0513. The van der Waals surface area contributed by atoms with Crippen molar-refractivity contribution in [2.45, 2.75) is 13.1 Å². The highest BCUT2D eigenvalue weighted by Crippen LogP contribution is 2.19. The Morgan fingerprint density at radius 1 is 1.00 bits per heavy atom. The van der Waals surface area contributed by atoms with Crippen molar-refractivity contribution >= 4 is 21.8 Å². The van der Waals surface area contributed by atoms with Gasteiger partial charge in [-0.2, -0.15) is 0 Å². The van der Waals surface area contributed by atoms with Gasteiger partial charge in [-0.25, -0.2) is 0 Å². The first kappa shape index (κ1) is 14.8. The van der Waals surface area contributed by atoms with E-state index < -0.39 is 0 Å². The van der Waals surface area contributed by atoms with E-state index in [1.807, 2.05) is 54.6 Å². The molecule has 0 spiro atoms. The lowest BCUT2D eigenvalue weighted by Crippen LogP contribution is -2.35. The number of hydrogen-bond acceptors (Lipinski definition) is 2. The van der Waals surface area contributed by atoms with Crippen LogP contribution in [0.25, 0.3) is 0 Å². The zero-order valence-electron chi connectivity index (χ0n) is 11.1. The van der Waals surface area contributed by atoms with E-state index in [0.717, 1.165) is 15.6 Å². The summed E-state index contributed by atoms with van der Waals surface area (Å²) in [7, 11) is 0. The lowest BCUT2D eigenvalue weighted by Gasteiger charge is -2.23. The van der Waals surface area contributed by atoms with Gasteiger partial charge in [0.05, 0.1) is 6.54 Å². The molecule has 0 heterocycles. The molecule has 0 aliphatic carbocycles. The van der Waals surface area contributed by atoms with Crippen LogP contribution in [0.5, 0.6) is 0 Å². The van der Waals surface area contributed by atoms with E-state index >= 15 is 0 Å². The number of amides is 1. The third-order valence-corrected chi connectivity index (χ3v) is 3.84. The number of halogens is 1. The number of rotatable bonds is 5. The maximum Gasteiger partial charge on any atom is 0.236 e. The minimum absolute atomic E-state index is 0.0251. The van der Waals surface area contributed by atoms with Gasteiger partial charge < -0.3 is 10.6 Å². The Labute approximate surface area is 127 Å². The van der Waals surface area contributed by atoms with Crippen molar-refractivity contribution in [3.8, 4) is 0 Å². The molecule has 104 valence electrons. The van der Waals surface area contributed by atoms with E-state index in [-0.39, 0.29) is 12.5 Å². The Morgan fingerprint density at radius 3 is 2.30 bits per heavy atom. The molecule has 1 amide bonds. The van der Waals surface area contributed by atoms with Crippen LogP contribution in [0.3, 0.4) is 0 Å². The molecule has 0 aromatic heterocycles. The van der Waals surface area contributed by atoms with Crippen LogP contribution in [0.1, 0.15) is 11.1 Å². The Kier molecular flexibility index (Phi) is 5.32. The fourth-order valence-electron chi connectivity index (χ4n) is 2.00. The average molecular weight is 333 g/mol. The summed E-state index contributed by atoms with van der Waals surface area (Å²) in [5, 5.41) is 0. The van der Waals surface area contributed by atoms with Crippen molar-refractivity contribution in [2.24, 2.45) is 5.73 Å². The Bertz CT molecular complexity index is 572. The van der Waals surface area contributed by atoms with Crippen molar-refractivity contribution in [1.82, 2.24) is 4.90 Å². The summed E-state index contributed by atoms with van der Waals surface area (Å²) < 4.78 is 1.00. The van der Waals surface area contributed by atoms with E-state index in [1.165, 1.54) is 0 Å². The van der Waals surface area contributed by atoms with Crippen molar-refractivity contribution < 1.29 is 4.79 Å². The molecule has 2 aromatic carbocycles. The van der Waals surface area contributed by atoms with E-state index in [0.29, 0.717) is 13.1 Å². The lowest BCUT2D eigenvalue weighted by atomic mass is 10.1. The molecule has 0 saturated carbocycles. The number of carbonyl (C=O) groups excluding carboxylic acids is 1. The van der Waals surface area contributed by atoms with Crippen LogP contribution in [0, 0.1) is 0 Å². The van der Waals surface area contributed by atoms with Gasteiger partial charge in [-0.15, -0.1) is 0 Å². The molecule has 4 heteroatoms. The molecule has 0 fully saturated rings. The van der Waals surface area contributed by atoms with Gasteiger partial charge in [0.25, 0.3) is 0 Å². The highest BCUT2D eigenvalue weighted by molar-refractivity contribution is 9.10. The van der Waals surface area contributed by atoms with Gasteiger partial charge in [0.15, 0.2) is 0 Å². The van der Waals surface area contributed by atoms with E-state index in [2.05, 4.69) is 15.9 Å². The molecular formula is C16H17BrN2O. The highest BCUT2D eigenvalue weighted by Gasteiger charge is 2.14. The van der Waals surface area contributed by atoms with Gasteiger partial charge in [0, 0.05) is 17.6 Å². The molecule has 0 radical (unpaired) electrons. The van der Waals surface area contributed by atoms with Crippen LogP contribution < -0.4 is 5.73 Å². The molecule has 0 aliphatic rings. The van der Waals surface area contributed by atoms with Gasteiger partial charge in [-0.1, -0.05) is 64.5 Å². The van der Waals surface area contributed by atoms with Crippen molar-refractivity contribution in [1.29, 1.82) is 0 Å². The number of carbonyl (C=O) groups is 1. The summed E-state index contributed by atoms with van der Waals surface area (Å²) in [6.07, 6.45) is 0. The van der Waals surface area contributed by atoms with E-state index in [4.69, 9.17) is 5.73 Å². The summed E-state index contributed by atoms with van der Waals surface area (Å²) in [5.41, 5.74) is 7.69. The maximum absolute atomic E-state index is 12.0. The van der Waals surface area contributed by atoms with Crippen LogP contribution in [-0.2, 0) is 17.9 Å². The number of nitrogens with zero attached hydrogens (tertiary/aromatic N) is 1. The molecule has 0 saturated heterocycles. The summed E-state index contributed by atoms with van der Waals surface area (Å²) in [6.45, 7) is 1.14. The number of nitrogens with two attached hydrogens (primary N) is 1. The maximum atomic E-state index is 12.0. The second-order valence-electron chi connectivity index (χ2n) is 4.53. The molecule has 2 aromatic rings. The Morgan fingerprint density at radius 2 is 1.65 bits per heavy atom. The Hall–Kier alpha value is -1.65. The smallest absolute Gasteiger partial charge is 0.236 e. The van der Waals surface area contributed by atoms with Gasteiger partial charge in [-0.05, 0) is 17.2 Å². The standard InChI is InChI=1S/C16H17BrN2O/c17-15-9-5-4-8-14(15)12-19(16(20)10-18)11-13-6-2-1-3-7-13/h1-9H,10-12,18H2. The minimum Gasteiger partial charge on any atom is -0.333 e. The van der Waals surface area contributed by atoms with Crippen LogP contribution >= 0.6 is 15.9 Å². The van der Waals surface area contributed by atoms with Crippen LogP contribution in [0.2, 0.25) is 0 Å². The molecule has 0 atom stereocenters. The second kappa shape index (κ2) is 7.22. The molecule has 0 unspecified atom stereocenters. The zero-order chi connectivity index (χ0) is 14.4. The van der Waals surface area contributed by atoms with Crippen LogP contribution in [-0.4, -0.2) is 17.4 Å². The summed E-state index contributed by atoms with van der Waals surface area (Å²) >= 11 is 3.51. The summed E-state index contributed by atoms with van der Waals surface area (Å²) in [6, 6.07) is 17.8. The molecule has 3 nitrogen and oxygen atoms in total. The first-order chi connectivity index (χ1) is 9.70. The fraction of sp³-hybridized carbons (Fsp3) is 0.188. The predicted molar refractivity (Wildman–Crippen MR) is 83.9 cm³/mol. The first-order valence-electron chi connectivity index (χ1n) is 6.46. The van der Waals surface area contributed by atoms with Gasteiger partial charge in [0.2, 0.25) is 5.91 Å². The topological polar surface area (TPSA) is 46.3 Å². The van der Waals surface area contributed by atoms with E-state index in [1.54, 1.807) is 4.90 Å². The van der Waals surface area contributed by atoms with E-state index in [9.17, 15) is 4.79 Å².